The predicted molar refractivity (Wildman–Crippen MR) is 63.7 cm³/mol. The second-order valence-corrected chi connectivity index (χ2v) is 3.74. The molecule has 90 valence electrons. The smallest absolute Gasteiger partial charge is 0.225 e. The van der Waals surface area contributed by atoms with Gasteiger partial charge in [-0.3, -0.25) is 4.57 Å². The van der Waals surface area contributed by atoms with E-state index in [9.17, 15) is 0 Å². The van der Waals surface area contributed by atoms with Gasteiger partial charge < -0.3 is 9.47 Å². The Hall–Kier alpha value is -1.75. The molecule has 1 heterocycles. The maximum absolute atomic E-state index is 5.87. The Morgan fingerprint density at radius 1 is 1.29 bits per heavy atom. The van der Waals surface area contributed by atoms with Crippen molar-refractivity contribution in [2.24, 2.45) is 0 Å². The second-order valence-electron chi connectivity index (χ2n) is 3.41. The lowest BCUT2D eigenvalue weighted by atomic mass is 10.2. The van der Waals surface area contributed by atoms with Crippen molar-refractivity contribution in [3.8, 4) is 11.5 Å². The Bertz CT molecular complexity index is 513. The van der Waals surface area contributed by atoms with Crippen LogP contribution in [0.3, 0.4) is 0 Å². The molecular weight excluding hydrogens is 242 g/mol. The van der Waals surface area contributed by atoms with Crippen molar-refractivity contribution in [1.82, 2.24) is 14.8 Å². The zero-order chi connectivity index (χ0) is 12.3. The van der Waals surface area contributed by atoms with E-state index >= 15 is 0 Å². The van der Waals surface area contributed by atoms with Crippen LogP contribution in [-0.4, -0.2) is 29.0 Å². The summed E-state index contributed by atoms with van der Waals surface area (Å²) in [6.45, 7) is 0.555. The van der Waals surface area contributed by atoms with Gasteiger partial charge in [0.15, 0.2) is 0 Å². The molecule has 0 atom stereocenters. The average molecular weight is 254 g/mol. The number of methoxy groups -OCH3 is 2. The van der Waals surface area contributed by atoms with Gasteiger partial charge in [-0.15, -0.1) is 10.2 Å². The molecule has 0 unspecified atom stereocenters. The van der Waals surface area contributed by atoms with Gasteiger partial charge in [0.1, 0.15) is 17.8 Å². The number of nitrogens with zero attached hydrogens (tertiary/aromatic N) is 3. The zero-order valence-corrected chi connectivity index (χ0v) is 10.3. The Balaban J connectivity index is 2.29. The Labute approximate surface area is 104 Å². The van der Waals surface area contributed by atoms with Crippen molar-refractivity contribution in [3.05, 3.63) is 35.4 Å². The van der Waals surface area contributed by atoms with E-state index in [1.165, 1.54) is 0 Å². The van der Waals surface area contributed by atoms with Crippen LogP contribution in [-0.2, 0) is 6.54 Å². The van der Waals surface area contributed by atoms with E-state index in [-0.39, 0.29) is 0 Å². The van der Waals surface area contributed by atoms with Crippen molar-refractivity contribution in [1.29, 1.82) is 0 Å². The third kappa shape index (κ3) is 2.50. The van der Waals surface area contributed by atoms with Crippen molar-refractivity contribution >= 4 is 11.6 Å². The van der Waals surface area contributed by atoms with Crippen LogP contribution in [0.4, 0.5) is 0 Å². The molecule has 0 aliphatic heterocycles. The molecule has 0 bridgehead atoms. The van der Waals surface area contributed by atoms with Crippen LogP contribution in [0.5, 0.6) is 11.5 Å². The third-order valence-electron chi connectivity index (χ3n) is 2.40. The number of ether oxygens (including phenoxy) is 2. The molecule has 0 saturated carbocycles. The number of halogens is 1. The number of benzene rings is 1. The number of hydrogen-bond acceptors (Lipinski definition) is 4. The van der Waals surface area contributed by atoms with Crippen LogP contribution in [0.1, 0.15) is 5.56 Å². The number of aromatic nitrogens is 3. The Morgan fingerprint density at radius 2 is 2.12 bits per heavy atom. The lowest BCUT2D eigenvalue weighted by molar-refractivity contribution is 0.390. The fraction of sp³-hybridized carbons (Fsp3) is 0.273. The van der Waals surface area contributed by atoms with Gasteiger partial charge in [-0.05, 0) is 23.7 Å². The van der Waals surface area contributed by atoms with Gasteiger partial charge >= 0.3 is 0 Å². The first-order chi connectivity index (χ1) is 8.24. The fourth-order valence-corrected chi connectivity index (χ4v) is 1.66. The van der Waals surface area contributed by atoms with Gasteiger partial charge in [0.2, 0.25) is 5.28 Å². The fourth-order valence-electron chi connectivity index (χ4n) is 1.51. The first kappa shape index (κ1) is 11.7. The molecule has 0 fully saturated rings. The molecule has 0 N–H and O–H groups in total. The molecule has 0 radical (unpaired) electrons. The number of hydrogen-bond donors (Lipinski definition) is 0. The van der Waals surface area contributed by atoms with Crippen molar-refractivity contribution in [2.45, 2.75) is 6.54 Å². The van der Waals surface area contributed by atoms with E-state index in [4.69, 9.17) is 21.1 Å². The normalized spacial score (nSPS) is 10.3. The molecule has 2 aromatic rings. The summed E-state index contributed by atoms with van der Waals surface area (Å²) in [5.74, 6) is 1.49. The molecule has 0 amide bonds. The quantitative estimate of drug-likeness (QED) is 0.836. The summed E-state index contributed by atoms with van der Waals surface area (Å²) in [6.07, 6.45) is 1.58. The summed E-state index contributed by atoms with van der Waals surface area (Å²) in [4.78, 5) is 0. The van der Waals surface area contributed by atoms with E-state index in [1.807, 2.05) is 18.2 Å². The standard InChI is InChI=1S/C11H12ClN3O2/c1-16-9-4-3-8(10(5-9)17-2)6-15-7-13-14-11(15)12/h3-5,7H,6H2,1-2H3. The molecule has 6 heteroatoms. The van der Waals surface area contributed by atoms with E-state index in [0.29, 0.717) is 11.8 Å². The van der Waals surface area contributed by atoms with Crippen LogP contribution >= 0.6 is 11.6 Å². The first-order valence-electron chi connectivity index (χ1n) is 4.99. The van der Waals surface area contributed by atoms with E-state index in [1.54, 1.807) is 25.1 Å². The predicted octanol–water partition coefficient (Wildman–Crippen LogP) is 2.00. The van der Waals surface area contributed by atoms with Crippen LogP contribution in [0.15, 0.2) is 24.5 Å². The average Bonchev–Trinajstić information content (AvgIpc) is 2.75. The third-order valence-corrected chi connectivity index (χ3v) is 2.70. The van der Waals surface area contributed by atoms with Crippen LogP contribution in [0, 0.1) is 0 Å². The highest BCUT2D eigenvalue weighted by Crippen LogP contribution is 2.25. The summed E-state index contributed by atoms with van der Waals surface area (Å²) in [7, 11) is 3.23. The van der Waals surface area contributed by atoms with Crippen LogP contribution in [0.25, 0.3) is 0 Å². The number of rotatable bonds is 4. The van der Waals surface area contributed by atoms with Crippen molar-refractivity contribution in [3.63, 3.8) is 0 Å². The Morgan fingerprint density at radius 3 is 2.71 bits per heavy atom. The van der Waals surface area contributed by atoms with Gasteiger partial charge in [0, 0.05) is 11.6 Å². The minimum absolute atomic E-state index is 0.350. The van der Waals surface area contributed by atoms with Crippen LogP contribution < -0.4 is 9.47 Å². The van der Waals surface area contributed by atoms with Gasteiger partial charge in [0.25, 0.3) is 0 Å². The van der Waals surface area contributed by atoms with Crippen molar-refractivity contribution in [2.75, 3.05) is 14.2 Å². The molecule has 0 saturated heterocycles. The highest BCUT2D eigenvalue weighted by molar-refractivity contribution is 6.28. The van der Waals surface area contributed by atoms with Gasteiger partial charge in [-0.2, -0.15) is 0 Å². The molecule has 1 aromatic heterocycles. The summed E-state index contributed by atoms with van der Waals surface area (Å²) in [6, 6.07) is 5.62. The van der Waals surface area contributed by atoms with Gasteiger partial charge in [-0.1, -0.05) is 0 Å². The molecule has 5 nitrogen and oxygen atoms in total. The lowest BCUT2D eigenvalue weighted by Crippen LogP contribution is -2.01. The van der Waals surface area contributed by atoms with E-state index in [2.05, 4.69) is 10.2 Å². The summed E-state index contributed by atoms with van der Waals surface area (Å²) in [5, 5.41) is 7.79. The van der Waals surface area contributed by atoms with Gasteiger partial charge in [0.05, 0.1) is 20.8 Å². The topological polar surface area (TPSA) is 49.2 Å². The summed E-state index contributed by atoms with van der Waals surface area (Å²) < 4.78 is 12.2. The highest BCUT2D eigenvalue weighted by Gasteiger charge is 2.08. The largest absolute Gasteiger partial charge is 0.497 e. The summed E-state index contributed by atoms with van der Waals surface area (Å²) in [5.41, 5.74) is 0.981. The maximum Gasteiger partial charge on any atom is 0.225 e. The second kappa shape index (κ2) is 5.05. The molecule has 2 rings (SSSR count). The van der Waals surface area contributed by atoms with E-state index in [0.717, 1.165) is 17.1 Å². The highest BCUT2D eigenvalue weighted by atomic mass is 35.5. The Kier molecular flexibility index (Phi) is 3.49. The summed E-state index contributed by atoms with van der Waals surface area (Å²) >= 11 is 5.87. The maximum atomic E-state index is 5.87. The molecule has 0 aliphatic rings. The minimum atomic E-state index is 0.350. The zero-order valence-electron chi connectivity index (χ0n) is 9.55. The first-order valence-corrected chi connectivity index (χ1v) is 5.36. The SMILES string of the molecule is COc1ccc(Cn2cnnc2Cl)c(OC)c1. The minimum Gasteiger partial charge on any atom is -0.497 e. The van der Waals surface area contributed by atoms with Crippen LogP contribution in [0.2, 0.25) is 5.28 Å². The van der Waals surface area contributed by atoms with Crippen molar-refractivity contribution < 1.29 is 9.47 Å². The monoisotopic (exact) mass is 253 g/mol. The molecule has 17 heavy (non-hydrogen) atoms. The molecule has 0 spiro atoms. The molecule has 0 aliphatic carbocycles. The lowest BCUT2D eigenvalue weighted by Gasteiger charge is -2.10. The molecule has 1 aromatic carbocycles. The molecular formula is C11H12ClN3O2. The van der Waals surface area contributed by atoms with Gasteiger partial charge in [-0.25, -0.2) is 0 Å². The van der Waals surface area contributed by atoms with E-state index < -0.39 is 0 Å².